The molecule has 0 saturated heterocycles. The zero-order valence-corrected chi connectivity index (χ0v) is 36.9. The summed E-state index contributed by atoms with van der Waals surface area (Å²) in [6.45, 7) is 0. The largest absolute Gasteiger partial charge is 0.309 e. The number of pyridine rings is 1. The summed E-state index contributed by atoms with van der Waals surface area (Å²) in [5, 5.41) is 4.70. The van der Waals surface area contributed by atoms with Gasteiger partial charge >= 0.3 is 0 Å². The molecule has 0 N–H and O–H groups in total. The number of para-hydroxylation sites is 2. The predicted molar refractivity (Wildman–Crippen MR) is 281 cm³/mol. The molecule has 4 aromatic heterocycles. The van der Waals surface area contributed by atoms with Crippen LogP contribution in [-0.4, -0.2) is 24.1 Å². The molecule has 0 saturated carbocycles. The molecule has 0 aliphatic heterocycles. The van der Waals surface area contributed by atoms with Gasteiger partial charge in [-0.1, -0.05) is 176 Å². The Morgan fingerprint density at radius 3 is 1.19 bits per heavy atom. The van der Waals surface area contributed by atoms with E-state index in [1.807, 2.05) is 18.2 Å². The van der Waals surface area contributed by atoms with Crippen molar-refractivity contribution in [2.45, 2.75) is 0 Å². The number of benzene rings is 9. The molecule has 13 aromatic rings. The Bertz CT molecular complexity index is 3820. The van der Waals surface area contributed by atoms with Crippen LogP contribution in [0.4, 0.5) is 0 Å². The van der Waals surface area contributed by atoms with E-state index < -0.39 is 0 Å². The van der Waals surface area contributed by atoms with Crippen LogP contribution in [0.5, 0.6) is 0 Å². The number of fused-ring (bicyclic) bond motifs is 6. The minimum atomic E-state index is 0.667. The summed E-state index contributed by atoms with van der Waals surface area (Å²) in [6, 6.07) is 88.0. The Balaban J connectivity index is 1.01. The number of rotatable bonds is 8. The molecule has 0 radical (unpaired) electrons. The van der Waals surface area contributed by atoms with Crippen LogP contribution in [0.1, 0.15) is 0 Å². The van der Waals surface area contributed by atoms with Crippen molar-refractivity contribution in [2.24, 2.45) is 0 Å². The van der Waals surface area contributed by atoms with Gasteiger partial charge in [0.25, 0.3) is 0 Å². The first-order valence-electron chi connectivity index (χ1n) is 23.0. The van der Waals surface area contributed by atoms with Gasteiger partial charge in [-0.15, -0.1) is 0 Å². The maximum Gasteiger partial charge on any atom is 0.160 e. The quantitative estimate of drug-likeness (QED) is 0.153. The summed E-state index contributed by atoms with van der Waals surface area (Å²) in [5.41, 5.74) is 16.8. The van der Waals surface area contributed by atoms with Gasteiger partial charge in [-0.05, 0) is 95.1 Å². The first-order valence-corrected chi connectivity index (χ1v) is 23.0. The van der Waals surface area contributed by atoms with Crippen LogP contribution in [0.2, 0.25) is 0 Å². The second kappa shape index (κ2) is 16.4. The van der Waals surface area contributed by atoms with Crippen LogP contribution in [0.3, 0.4) is 0 Å². The molecule has 13 rings (SSSR count). The Labute approximate surface area is 393 Å². The maximum atomic E-state index is 5.44. The molecule has 68 heavy (non-hydrogen) atoms. The van der Waals surface area contributed by atoms with Crippen molar-refractivity contribution in [3.8, 4) is 78.9 Å². The Hall–Kier alpha value is -9.19. The number of nitrogens with zero attached hydrogens (tertiary/aromatic N) is 5. The second-order valence-corrected chi connectivity index (χ2v) is 17.2. The molecule has 0 aliphatic carbocycles. The van der Waals surface area contributed by atoms with E-state index in [1.54, 1.807) is 0 Å². The topological polar surface area (TPSA) is 48.5 Å². The average molecular weight is 868 g/mol. The number of hydrogen-bond donors (Lipinski definition) is 0. The first-order chi connectivity index (χ1) is 33.7. The molecule has 5 heteroatoms. The fourth-order valence-corrected chi connectivity index (χ4v) is 9.87. The molecule has 0 spiro atoms. The van der Waals surface area contributed by atoms with Crippen LogP contribution in [-0.2, 0) is 0 Å². The summed E-state index contributed by atoms with van der Waals surface area (Å²) in [6.07, 6.45) is 0. The molecule has 0 unspecified atom stereocenters. The van der Waals surface area contributed by atoms with Gasteiger partial charge in [0.1, 0.15) is 5.82 Å². The zero-order chi connectivity index (χ0) is 45.0. The molecule has 4 heterocycles. The van der Waals surface area contributed by atoms with Crippen molar-refractivity contribution < 1.29 is 0 Å². The molecule has 318 valence electrons. The molecule has 0 bridgehead atoms. The van der Waals surface area contributed by atoms with Crippen molar-refractivity contribution in [1.29, 1.82) is 0 Å². The minimum Gasteiger partial charge on any atom is -0.309 e. The molecule has 5 nitrogen and oxygen atoms in total. The SMILES string of the molecule is c1ccc(-c2cc(-c3ccccc3)nc(-n3c4ccc(-c5ccc(-n6c7ccccc7c7ccccc76)cc5)cc4c4cc(-c5nc(-c6ccccc6)cc(-c6ccccc6)n5)ccc43)c2)cc1. The van der Waals surface area contributed by atoms with E-state index in [0.29, 0.717) is 5.82 Å². The van der Waals surface area contributed by atoms with E-state index in [1.165, 1.54) is 21.8 Å². The molecule has 0 amide bonds. The molecular weight excluding hydrogens is 827 g/mol. The van der Waals surface area contributed by atoms with Crippen molar-refractivity contribution >= 4 is 43.6 Å². The average Bonchev–Trinajstić information content (AvgIpc) is 3.94. The number of hydrogen-bond acceptors (Lipinski definition) is 3. The van der Waals surface area contributed by atoms with Crippen molar-refractivity contribution in [1.82, 2.24) is 24.1 Å². The highest BCUT2D eigenvalue weighted by Crippen LogP contribution is 2.40. The molecule has 0 aliphatic rings. The van der Waals surface area contributed by atoms with Gasteiger partial charge in [-0.2, -0.15) is 0 Å². The number of aromatic nitrogens is 5. The van der Waals surface area contributed by atoms with Crippen LogP contribution in [0, 0.1) is 0 Å². The molecule has 0 atom stereocenters. The van der Waals surface area contributed by atoms with Gasteiger partial charge < -0.3 is 4.57 Å². The highest BCUT2D eigenvalue weighted by molar-refractivity contribution is 6.12. The molecule has 9 aromatic carbocycles. The smallest absolute Gasteiger partial charge is 0.160 e. The lowest BCUT2D eigenvalue weighted by Crippen LogP contribution is -2.00. The van der Waals surface area contributed by atoms with Crippen LogP contribution in [0.15, 0.2) is 249 Å². The van der Waals surface area contributed by atoms with Gasteiger partial charge in [-0.25, -0.2) is 15.0 Å². The highest BCUT2D eigenvalue weighted by Gasteiger charge is 2.20. The Morgan fingerprint density at radius 1 is 0.235 bits per heavy atom. The fraction of sp³-hybridized carbons (Fsp3) is 0. The lowest BCUT2D eigenvalue weighted by molar-refractivity contribution is 1.08. The summed E-state index contributed by atoms with van der Waals surface area (Å²) in [5.74, 6) is 1.51. The van der Waals surface area contributed by atoms with Crippen molar-refractivity contribution in [3.05, 3.63) is 249 Å². The summed E-state index contributed by atoms with van der Waals surface area (Å²) < 4.78 is 4.68. The third kappa shape index (κ3) is 6.84. The van der Waals surface area contributed by atoms with Crippen LogP contribution in [0.25, 0.3) is 123 Å². The van der Waals surface area contributed by atoms with Gasteiger partial charge in [0.15, 0.2) is 5.82 Å². The van der Waals surface area contributed by atoms with Gasteiger partial charge in [-0.3, -0.25) is 4.57 Å². The Morgan fingerprint density at radius 2 is 0.647 bits per heavy atom. The van der Waals surface area contributed by atoms with Gasteiger partial charge in [0.05, 0.1) is 39.1 Å². The summed E-state index contributed by atoms with van der Waals surface area (Å²) in [7, 11) is 0. The molecular formula is C63H41N5. The van der Waals surface area contributed by atoms with E-state index in [4.69, 9.17) is 15.0 Å². The first kappa shape index (κ1) is 39.2. The second-order valence-electron chi connectivity index (χ2n) is 17.2. The molecule has 0 fully saturated rings. The maximum absolute atomic E-state index is 5.44. The van der Waals surface area contributed by atoms with Gasteiger partial charge in [0, 0.05) is 49.5 Å². The monoisotopic (exact) mass is 867 g/mol. The minimum absolute atomic E-state index is 0.667. The third-order valence-corrected chi connectivity index (χ3v) is 13.1. The fourth-order valence-electron chi connectivity index (χ4n) is 9.87. The van der Waals surface area contributed by atoms with E-state index >= 15 is 0 Å². The summed E-state index contributed by atoms with van der Waals surface area (Å²) in [4.78, 5) is 15.9. The summed E-state index contributed by atoms with van der Waals surface area (Å²) >= 11 is 0. The van der Waals surface area contributed by atoms with Crippen molar-refractivity contribution in [2.75, 3.05) is 0 Å². The normalized spacial score (nSPS) is 11.5. The van der Waals surface area contributed by atoms with E-state index in [-0.39, 0.29) is 0 Å². The van der Waals surface area contributed by atoms with Gasteiger partial charge in [0.2, 0.25) is 0 Å². The Kier molecular flexibility index (Phi) is 9.43. The van der Waals surface area contributed by atoms with Crippen molar-refractivity contribution in [3.63, 3.8) is 0 Å². The third-order valence-electron chi connectivity index (χ3n) is 13.1. The van der Waals surface area contributed by atoms with Crippen LogP contribution < -0.4 is 0 Å². The van der Waals surface area contributed by atoms with E-state index in [2.05, 4.69) is 240 Å². The standard InChI is InChI=1S/C63H41N5/c1-5-17-42(18-6-1)49-39-55(44-19-7-2-8-20-44)64-62(40-49)68-60-35-31-47(43-29-33-50(34-30-43)67-58-27-15-13-25-51(58)52-26-14-16-28-59(52)67)37-53(60)54-38-48(32-36-61(54)68)63-65-56(45-21-9-3-10-22-45)41-57(66-63)46-23-11-4-12-24-46/h1-41H. The van der Waals surface area contributed by atoms with Crippen LogP contribution >= 0.6 is 0 Å². The lowest BCUT2D eigenvalue weighted by atomic mass is 10.0. The van der Waals surface area contributed by atoms with E-state index in [0.717, 1.165) is 94.9 Å². The lowest BCUT2D eigenvalue weighted by Gasteiger charge is -2.13. The highest BCUT2D eigenvalue weighted by atomic mass is 15.1. The predicted octanol–water partition coefficient (Wildman–Crippen LogP) is 16.1. The van der Waals surface area contributed by atoms with E-state index in [9.17, 15) is 0 Å². The zero-order valence-electron chi connectivity index (χ0n) is 36.9.